The van der Waals surface area contributed by atoms with Gasteiger partial charge >= 0.3 is 0 Å². The zero-order valence-electron chi connectivity index (χ0n) is 13.4. The summed E-state index contributed by atoms with van der Waals surface area (Å²) in [6, 6.07) is 4.78. The van der Waals surface area contributed by atoms with E-state index in [2.05, 4.69) is 6.58 Å². The van der Waals surface area contributed by atoms with E-state index in [1.807, 2.05) is 0 Å². The van der Waals surface area contributed by atoms with Gasteiger partial charge in [0.1, 0.15) is 5.82 Å². The number of rotatable bonds is 6. The van der Waals surface area contributed by atoms with Crippen LogP contribution in [0.5, 0.6) is 0 Å². The molecular weight excluding hydrogens is 333 g/mol. The van der Waals surface area contributed by atoms with Crippen molar-refractivity contribution >= 4 is 10.0 Å². The van der Waals surface area contributed by atoms with Crippen LogP contribution in [-0.2, 0) is 19.5 Å². The molecule has 3 rings (SSSR count). The van der Waals surface area contributed by atoms with Crippen LogP contribution in [0.2, 0.25) is 0 Å². The van der Waals surface area contributed by atoms with Crippen molar-refractivity contribution in [2.24, 2.45) is 5.92 Å². The summed E-state index contributed by atoms with van der Waals surface area (Å²) < 4.78 is 51.8. The van der Waals surface area contributed by atoms with E-state index < -0.39 is 15.8 Å². The molecule has 0 spiro atoms. The topological polar surface area (TPSA) is 55.8 Å². The highest BCUT2D eigenvalue weighted by Crippen LogP contribution is 2.37. The number of morpholine rings is 1. The largest absolute Gasteiger partial charge is 0.377 e. The lowest BCUT2D eigenvalue weighted by molar-refractivity contribution is -0.0605. The van der Waals surface area contributed by atoms with Gasteiger partial charge in [-0.3, -0.25) is 0 Å². The van der Waals surface area contributed by atoms with Crippen LogP contribution in [0.4, 0.5) is 4.39 Å². The zero-order valence-corrected chi connectivity index (χ0v) is 14.3. The van der Waals surface area contributed by atoms with E-state index in [4.69, 9.17) is 9.47 Å². The summed E-state index contributed by atoms with van der Waals surface area (Å²) in [7, 11) is -3.65. The first-order valence-electron chi connectivity index (χ1n) is 8.11. The highest BCUT2D eigenvalue weighted by molar-refractivity contribution is 7.89. The summed E-state index contributed by atoms with van der Waals surface area (Å²) in [5, 5.41) is 0. The van der Waals surface area contributed by atoms with Crippen molar-refractivity contribution in [3.05, 3.63) is 42.7 Å². The van der Waals surface area contributed by atoms with Crippen LogP contribution in [0, 0.1) is 11.7 Å². The van der Waals surface area contributed by atoms with Crippen LogP contribution in [0.15, 0.2) is 41.8 Å². The Kier molecular flexibility index (Phi) is 5.34. The fraction of sp³-hybridized carbons (Fsp3) is 0.529. The predicted octanol–water partition coefficient (Wildman–Crippen LogP) is 2.20. The third-order valence-corrected chi connectivity index (χ3v) is 6.60. The van der Waals surface area contributed by atoms with Crippen LogP contribution in [0.1, 0.15) is 12.8 Å². The van der Waals surface area contributed by atoms with E-state index in [1.54, 1.807) is 6.08 Å². The van der Waals surface area contributed by atoms with Gasteiger partial charge < -0.3 is 9.47 Å². The van der Waals surface area contributed by atoms with Gasteiger partial charge in [0, 0.05) is 12.5 Å². The molecule has 0 radical (unpaired) electrons. The Morgan fingerprint density at radius 3 is 2.79 bits per heavy atom. The van der Waals surface area contributed by atoms with E-state index in [1.165, 1.54) is 28.6 Å². The molecule has 0 N–H and O–H groups in total. The van der Waals surface area contributed by atoms with Crippen LogP contribution in [0.25, 0.3) is 0 Å². The number of hydrogen-bond acceptors (Lipinski definition) is 4. The fourth-order valence-corrected chi connectivity index (χ4v) is 5.20. The second-order valence-corrected chi connectivity index (χ2v) is 8.03. The smallest absolute Gasteiger partial charge is 0.243 e. The molecule has 0 bridgehead atoms. The Hall–Kier alpha value is -1.28. The predicted molar refractivity (Wildman–Crippen MR) is 87.6 cm³/mol. The molecule has 1 saturated carbocycles. The number of nitrogens with zero attached hydrogens (tertiary/aromatic N) is 1. The van der Waals surface area contributed by atoms with Crippen molar-refractivity contribution < 1.29 is 22.3 Å². The van der Waals surface area contributed by atoms with E-state index in [0.29, 0.717) is 26.4 Å². The highest BCUT2D eigenvalue weighted by atomic mass is 32.2. The number of fused-ring (bicyclic) bond motifs is 1. The Labute approximate surface area is 142 Å². The van der Waals surface area contributed by atoms with Gasteiger partial charge in [0.25, 0.3) is 0 Å². The number of sulfonamides is 1. The normalized spacial score (nSPS) is 27.8. The second kappa shape index (κ2) is 7.31. The van der Waals surface area contributed by atoms with Crippen molar-refractivity contribution in [2.45, 2.75) is 29.9 Å². The molecule has 1 aromatic carbocycles. The summed E-state index contributed by atoms with van der Waals surface area (Å²) in [5.41, 5.74) is 0. The van der Waals surface area contributed by atoms with Gasteiger partial charge in [-0.2, -0.15) is 4.31 Å². The van der Waals surface area contributed by atoms with E-state index >= 15 is 0 Å². The lowest BCUT2D eigenvalue weighted by Crippen LogP contribution is -2.52. The van der Waals surface area contributed by atoms with Crippen molar-refractivity contribution in [2.75, 3.05) is 26.4 Å². The fourth-order valence-electron chi connectivity index (χ4n) is 3.55. The molecule has 1 aromatic rings. The minimum absolute atomic E-state index is 0.121. The Balaban J connectivity index is 1.77. The van der Waals surface area contributed by atoms with Gasteiger partial charge in [-0.05, 0) is 37.1 Å². The molecule has 0 amide bonds. The first kappa shape index (κ1) is 17.5. The van der Waals surface area contributed by atoms with Crippen molar-refractivity contribution in [1.82, 2.24) is 4.31 Å². The Morgan fingerprint density at radius 2 is 2.08 bits per heavy atom. The molecule has 5 nitrogen and oxygen atoms in total. The van der Waals surface area contributed by atoms with Crippen LogP contribution in [-0.4, -0.2) is 51.2 Å². The van der Waals surface area contributed by atoms with Crippen LogP contribution < -0.4 is 0 Å². The maximum absolute atomic E-state index is 13.1. The van der Waals surface area contributed by atoms with Gasteiger partial charge in [-0.15, -0.1) is 6.58 Å². The van der Waals surface area contributed by atoms with Gasteiger partial charge in [0.15, 0.2) is 0 Å². The molecule has 0 unspecified atom stereocenters. The second-order valence-electron chi connectivity index (χ2n) is 6.14. The average Bonchev–Trinajstić information content (AvgIpc) is 2.99. The molecule has 24 heavy (non-hydrogen) atoms. The highest BCUT2D eigenvalue weighted by Gasteiger charge is 2.46. The number of hydrogen-bond donors (Lipinski definition) is 0. The quantitative estimate of drug-likeness (QED) is 0.580. The maximum Gasteiger partial charge on any atom is 0.243 e. The Bertz CT molecular complexity index is 676. The molecular formula is C17H22FNO4S. The number of ether oxygens (including phenoxy) is 2. The number of halogens is 1. The van der Waals surface area contributed by atoms with E-state index in [0.717, 1.165) is 12.8 Å². The maximum atomic E-state index is 13.1. The third kappa shape index (κ3) is 3.39. The van der Waals surface area contributed by atoms with Crippen molar-refractivity contribution in [1.29, 1.82) is 0 Å². The third-order valence-electron chi connectivity index (χ3n) is 4.66. The van der Waals surface area contributed by atoms with Crippen LogP contribution in [0.3, 0.4) is 0 Å². The molecule has 7 heteroatoms. The van der Waals surface area contributed by atoms with Crippen LogP contribution >= 0.6 is 0 Å². The molecule has 0 aromatic heterocycles. The summed E-state index contributed by atoms with van der Waals surface area (Å²) in [6.07, 6.45) is 3.15. The van der Waals surface area contributed by atoms with Gasteiger partial charge in [0.05, 0.1) is 36.9 Å². The first-order chi connectivity index (χ1) is 11.5. The first-order valence-corrected chi connectivity index (χ1v) is 9.55. The van der Waals surface area contributed by atoms with E-state index in [-0.39, 0.29) is 23.0 Å². The van der Waals surface area contributed by atoms with E-state index in [9.17, 15) is 12.8 Å². The average molecular weight is 355 g/mol. The molecule has 1 aliphatic carbocycles. The molecule has 2 aliphatic rings. The monoisotopic (exact) mass is 355 g/mol. The molecule has 1 heterocycles. The summed E-state index contributed by atoms with van der Waals surface area (Å²) in [5.74, 6) is -0.268. The minimum Gasteiger partial charge on any atom is -0.377 e. The molecule has 132 valence electrons. The zero-order chi connectivity index (χ0) is 17.2. The molecule has 2 fully saturated rings. The summed E-state index contributed by atoms with van der Waals surface area (Å²) in [6.45, 7) is 5.32. The SMILES string of the molecule is C=CCOC[C@@H]1CC[C@H]2[C@@H]1OCCN2S(=O)(=O)c1ccc(F)cc1. The lowest BCUT2D eigenvalue weighted by Gasteiger charge is -2.38. The molecule has 1 aliphatic heterocycles. The Morgan fingerprint density at radius 1 is 1.33 bits per heavy atom. The van der Waals surface area contributed by atoms with Crippen molar-refractivity contribution in [3.63, 3.8) is 0 Å². The summed E-state index contributed by atoms with van der Waals surface area (Å²) >= 11 is 0. The minimum atomic E-state index is -3.65. The lowest BCUT2D eigenvalue weighted by atomic mass is 10.1. The standard InChI is InChI=1S/C17H22FNO4S/c1-2-10-22-12-13-3-8-16-17(13)23-11-9-19(16)24(20,21)15-6-4-14(18)5-7-15/h2,4-7,13,16-17H,1,3,8-12H2/t13-,16-,17+/m0/s1. The summed E-state index contributed by atoms with van der Waals surface area (Å²) in [4.78, 5) is 0.121. The number of benzene rings is 1. The van der Waals surface area contributed by atoms with Gasteiger partial charge in [-0.1, -0.05) is 6.08 Å². The van der Waals surface area contributed by atoms with Crippen molar-refractivity contribution in [3.8, 4) is 0 Å². The van der Waals surface area contributed by atoms with Gasteiger partial charge in [0.2, 0.25) is 10.0 Å². The van der Waals surface area contributed by atoms with Gasteiger partial charge in [-0.25, -0.2) is 12.8 Å². The molecule has 3 atom stereocenters. The molecule has 1 saturated heterocycles.